The van der Waals surface area contributed by atoms with Crippen LogP contribution in [0.3, 0.4) is 0 Å². The molecule has 4 heteroatoms. The van der Waals surface area contributed by atoms with E-state index < -0.39 is 0 Å². The largest absolute Gasteiger partial charge is 0.356 e. The van der Waals surface area contributed by atoms with E-state index in [0.717, 1.165) is 6.34 Å². The molecule has 0 bridgehead atoms. The Balaban J connectivity index is 3.14. The number of rotatable bonds is 4. The third kappa shape index (κ3) is 6.81. The average Bonchev–Trinajstić information content (AvgIpc) is 1.89. The SMILES string of the molecule is C/C=C\N=N\CNC=N. The third-order valence-electron chi connectivity index (χ3n) is 0.561. The minimum absolute atomic E-state index is 0.369. The summed E-state index contributed by atoms with van der Waals surface area (Å²) in [5.41, 5.74) is 0. The van der Waals surface area contributed by atoms with E-state index in [9.17, 15) is 0 Å². The summed E-state index contributed by atoms with van der Waals surface area (Å²) in [6.07, 6.45) is 4.45. The van der Waals surface area contributed by atoms with E-state index in [4.69, 9.17) is 5.41 Å². The Labute approximate surface area is 54.2 Å². The Kier molecular flexibility index (Phi) is 5.91. The van der Waals surface area contributed by atoms with Crippen LogP contribution in [0.15, 0.2) is 22.5 Å². The first-order valence-corrected chi connectivity index (χ1v) is 2.62. The van der Waals surface area contributed by atoms with Crippen LogP contribution in [0.25, 0.3) is 0 Å². The lowest BCUT2D eigenvalue weighted by atomic mass is 10.7. The number of hydrogen-bond donors (Lipinski definition) is 2. The molecule has 0 rings (SSSR count). The zero-order valence-electron chi connectivity index (χ0n) is 5.33. The van der Waals surface area contributed by atoms with Crippen LogP contribution in [0.2, 0.25) is 0 Å². The van der Waals surface area contributed by atoms with Gasteiger partial charge in [-0.25, -0.2) is 0 Å². The molecule has 0 spiro atoms. The van der Waals surface area contributed by atoms with Crippen LogP contribution in [0, 0.1) is 5.41 Å². The molecule has 0 aromatic carbocycles. The predicted molar refractivity (Wildman–Crippen MR) is 36.5 cm³/mol. The lowest BCUT2D eigenvalue weighted by molar-refractivity contribution is 0.875. The second-order valence-electron chi connectivity index (χ2n) is 1.25. The molecule has 0 aliphatic rings. The predicted octanol–water partition coefficient (Wildman–Crippen LogP) is 1.13. The topological polar surface area (TPSA) is 60.6 Å². The van der Waals surface area contributed by atoms with Gasteiger partial charge < -0.3 is 5.32 Å². The molecular formula is C5H10N4. The summed E-state index contributed by atoms with van der Waals surface area (Å²) in [5.74, 6) is 0. The van der Waals surface area contributed by atoms with E-state index in [-0.39, 0.29) is 0 Å². The van der Waals surface area contributed by atoms with Gasteiger partial charge in [0, 0.05) is 6.20 Å². The molecule has 50 valence electrons. The molecule has 0 heterocycles. The summed E-state index contributed by atoms with van der Waals surface area (Å²) in [5, 5.41) is 16.3. The highest BCUT2D eigenvalue weighted by Crippen LogP contribution is 1.74. The van der Waals surface area contributed by atoms with Gasteiger partial charge in [-0.2, -0.15) is 10.2 Å². The van der Waals surface area contributed by atoms with Crippen LogP contribution in [-0.4, -0.2) is 13.0 Å². The van der Waals surface area contributed by atoms with Crippen LogP contribution in [0.4, 0.5) is 0 Å². The quantitative estimate of drug-likeness (QED) is 0.252. The summed E-state index contributed by atoms with van der Waals surface area (Å²) in [4.78, 5) is 0. The molecule has 4 nitrogen and oxygen atoms in total. The Bertz CT molecular complexity index is 116. The second kappa shape index (κ2) is 6.81. The fourth-order valence-electron chi connectivity index (χ4n) is 0.241. The van der Waals surface area contributed by atoms with E-state index in [1.54, 1.807) is 12.3 Å². The van der Waals surface area contributed by atoms with Gasteiger partial charge in [-0.05, 0) is 6.92 Å². The molecule has 0 unspecified atom stereocenters. The summed E-state index contributed by atoms with van der Waals surface area (Å²) >= 11 is 0. The fourth-order valence-corrected chi connectivity index (χ4v) is 0.241. The lowest BCUT2D eigenvalue weighted by Crippen LogP contribution is -2.08. The lowest BCUT2D eigenvalue weighted by Gasteiger charge is -1.85. The maximum absolute atomic E-state index is 6.53. The third-order valence-corrected chi connectivity index (χ3v) is 0.561. The van der Waals surface area contributed by atoms with Crippen molar-refractivity contribution in [3.63, 3.8) is 0 Å². The molecule has 0 aliphatic heterocycles. The number of nitrogens with zero attached hydrogens (tertiary/aromatic N) is 2. The van der Waals surface area contributed by atoms with Gasteiger partial charge in [0.1, 0.15) is 6.67 Å². The van der Waals surface area contributed by atoms with Crippen LogP contribution < -0.4 is 5.32 Å². The molecule has 9 heavy (non-hydrogen) atoms. The maximum Gasteiger partial charge on any atom is 0.130 e. The zero-order valence-corrected chi connectivity index (χ0v) is 5.33. The number of nitrogens with one attached hydrogen (secondary N) is 2. The van der Waals surface area contributed by atoms with E-state index >= 15 is 0 Å². The van der Waals surface area contributed by atoms with Crippen LogP contribution in [0.1, 0.15) is 6.92 Å². The highest BCUT2D eigenvalue weighted by atomic mass is 15.2. The molecule has 2 N–H and O–H groups in total. The van der Waals surface area contributed by atoms with Crippen molar-refractivity contribution in [3.8, 4) is 0 Å². The first-order chi connectivity index (χ1) is 4.41. The molecule has 0 radical (unpaired) electrons. The Hall–Kier alpha value is -1.19. The van der Waals surface area contributed by atoms with Crippen molar-refractivity contribution >= 4 is 6.34 Å². The van der Waals surface area contributed by atoms with E-state index in [2.05, 4.69) is 15.5 Å². The monoisotopic (exact) mass is 126 g/mol. The minimum atomic E-state index is 0.369. The molecule has 0 fully saturated rings. The van der Waals surface area contributed by atoms with Crippen LogP contribution in [-0.2, 0) is 0 Å². The molecule has 0 atom stereocenters. The van der Waals surface area contributed by atoms with Gasteiger partial charge in [-0.3, -0.25) is 5.41 Å². The maximum atomic E-state index is 6.53. The van der Waals surface area contributed by atoms with Gasteiger partial charge in [0.15, 0.2) is 0 Å². The Morgan fingerprint density at radius 2 is 2.44 bits per heavy atom. The van der Waals surface area contributed by atoms with Crippen LogP contribution >= 0.6 is 0 Å². The molecule has 0 saturated carbocycles. The number of azo groups is 1. The summed E-state index contributed by atoms with van der Waals surface area (Å²) in [7, 11) is 0. The van der Waals surface area contributed by atoms with Gasteiger partial charge in [0.25, 0.3) is 0 Å². The standard InChI is InChI=1S/C5H10N4/c1-2-3-8-9-5-7-4-6/h2-4H,5H2,1H3,(H2,6,7)/b3-2-,9-8+. The molecule has 0 saturated heterocycles. The average molecular weight is 126 g/mol. The van der Waals surface area contributed by atoms with Gasteiger partial charge in [0.2, 0.25) is 0 Å². The van der Waals surface area contributed by atoms with Gasteiger partial charge >= 0.3 is 0 Å². The second-order valence-corrected chi connectivity index (χ2v) is 1.25. The highest BCUT2D eigenvalue weighted by molar-refractivity contribution is 5.49. The van der Waals surface area contributed by atoms with Crippen molar-refractivity contribution in [2.45, 2.75) is 6.92 Å². The normalized spacial score (nSPS) is 10.8. The van der Waals surface area contributed by atoms with Crippen molar-refractivity contribution in [2.24, 2.45) is 10.2 Å². The number of allylic oxidation sites excluding steroid dienone is 1. The Morgan fingerprint density at radius 3 is 3.00 bits per heavy atom. The van der Waals surface area contributed by atoms with Crippen molar-refractivity contribution in [1.29, 1.82) is 5.41 Å². The minimum Gasteiger partial charge on any atom is -0.356 e. The fraction of sp³-hybridized carbons (Fsp3) is 0.400. The first-order valence-electron chi connectivity index (χ1n) is 2.62. The van der Waals surface area contributed by atoms with Crippen molar-refractivity contribution in [1.82, 2.24) is 5.32 Å². The summed E-state index contributed by atoms with van der Waals surface area (Å²) < 4.78 is 0. The molecule has 0 aromatic heterocycles. The van der Waals surface area contributed by atoms with Crippen molar-refractivity contribution in [2.75, 3.05) is 6.67 Å². The molecule has 0 amide bonds. The summed E-state index contributed by atoms with van der Waals surface area (Å²) in [6.45, 7) is 2.23. The summed E-state index contributed by atoms with van der Waals surface area (Å²) in [6, 6.07) is 0. The number of hydrogen-bond acceptors (Lipinski definition) is 3. The van der Waals surface area contributed by atoms with Crippen molar-refractivity contribution in [3.05, 3.63) is 12.3 Å². The van der Waals surface area contributed by atoms with E-state index in [1.165, 1.54) is 0 Å². The van der Waals surface area contributed by atoms with Gasteiger partial charge in [-0.1, -0.05) is 6.08 Å². The molecular weight excluding hydrogens is 116 g/mol. The van der Waals surface area contributed by atoms with Crippen LogP contribution in [0.5, 0.6) is 0 Å². The Morgan fingerprint density at radius 1 is 1.67 bits per heavy atom. The highest BCUT2D eigenvalue weighted by Gasteiger charge is 1.67. The van der Waals surface area contributed by atoms with Gasteiger partial charge in [0.05, 0.1) is 6.34 Å². The zero-order chi connectivity index (χ0) is 6.95. The smallest absolute Gasteiger partial charge is 0.130 e. The first kappa shape index (κ1) is 7.81. The molecule has 0 aliphatic carbocycles. The van der Waals surface area contributed by atoms with Gasteiger partial charge in [-0.15, -0.1) is 0 Å². The van der Waals surface area contributed by atoms with E-state index in [1.807, 2.05) is 6.92 Å². The van der Waals surface area contributed by atoms with Crippen molar-refractivity contribution < 1.29 is 0 Å². The van der Waals surface area contributed by atoms with E-state index in [0.29, 0.717) is 6.67 Å². The molecule has 0 aromatic rings.